The molecule has 1 aliphatic heterocycles. The molecule has 154 valence electrons. The number of carbonyl (C=O) groups excluding carboxylic acids is 1. The van der Waals surface area contributed by atoms with Crippen LogP contribution in [0.2, 0.25) is 5.02 Å². The van der Waals surface area contributed by atoms with Crippen molar-refractivity contribution in [2.45, 2.75) is 18.3 Å². The van der Waals surface area contributed by atoms with E-state index in [-0.39, 0.29) is 30.0 Å². The zero-order valence-electron chi connectivity index (χ0n) is 15.9. The molecule has 0 unspecified atom stereocenters. The molecule has 1 amide bonds. The van der Waals surface area contributed by atoms with Crippen LogP contribution in [0, 0.1) is 0 Å². The van der Waals surface area contributed by atoms with Crippen molar-refractivity contribution in [2.75, 3.05) is 13.0 Å². The SMILES string of the molecule is CSc1ncc(Cl)c(C(=O)NCc2ccnc(OCc3ccc4c(c3)OCO4)c2)n1. The second-order valence-electron chi connectivity index (χ2n) is 6.21. The van der Waals surface area contributed by atoms with Crippen molar-refractivity contribution in [1.82, 2.24) is 20.3 Å². The highest BCUT2D eigenvalue weighted by Crippen LogP contribution is 2.32. The van der Waals surface area contributed by atoms with Crippen LogP contribution in [0.5, 0.6) is 17.4 Å². The molecule has 0 atom stereocenters. The molecule has 3 aromatic rings. The molecule has 0 fully saturated rings. The fourth-order valence-electron chi connectivity index (χ4n) is 2.70. The van der Waals surface area contributed by atoms with Gasteiger partial charge in [-0.3, -0.25) is 4.79 Å². The van der Waals surface area contributed by atoms with Crippen molar-refractivity contribution >= 4 is 29.3 Å². The molecule has 0 aliphatic carbocycles. The van der Waals surface area contributed by atoms with Crippen molar-refractivity contribution in [3.8, 4) is 17.4 Å². The molecule has 8 nitrogen and oxygen atoms in total. The van der Waals surface area contributed by atoms with Gasteiger partial charge in [-0.2, -0.15) is 0 Å². The molecular weight excluding hydrogens is 428 g/mol. The molecule has 1 aliphatic rings. The number of rotatable bonds is 7. The monoisotopic (exact) mass is 444 g/mol. The van der Waals surface area contributed by atoms with E-state index >= 15 is 0 Å². The standard InChI is InChI=1S/C20H17ClN4O4S/c1-30-20-24-9-14(21)18(25-20)19(26)23-8-12-4-5-22-17(7-12)27-10-13-2-3-15-16(6-13)29-11-28-15/h2-7,9H,8,10-11H2,1H3,(H,23,26). The van der Waals surface area contributed by atoms with E-state index in [9.17, 15) is 4.79 Å². The topological polar surface area (TPSA) is 95.5 Å². The first-order valence-electron chi connectivity index (χ1n) is 8.93. The summed E-state index contributed by atoms with van der Waals surface area (Å²) >= 11 is 7.38. The van der Waals surface area contributed by atoms with E-state index in [1.54, 1.807) is 18.3 Å². The number of hydrogen-bond acceptors (Lipinski definition) is 8. The number of hydrogen-bond donors (Lipinski definition) is 1. The molecule has 3 heterocycles. The summed E-state index contributed by atoms with van der Waals surface area (Å²) < 4.78 is 16.4. The Hall–Kier alpha value is -3.04. The van der Waals surface area contributed by atoms with Gasteiger partial charge >= 0.3 is 0 Å². The van der Waals surface area contributed by atoms with Gasteiger partial charge < -0.3 is 19.5 Å². The van der Waals surface area contributed by atoms with E-state index in [0.29, 0.717) is 23.4 Å². The Bertz CT molecular complexity index is 1080. The fourth-order valence-corrected chi connectivity index (χ4v) is 3.22. The number of nitrogens with one attached hydrogen (secondary N) is 1. The largest absolute Gasteiger partial charge is 0.473 e. The number of halogens is 1. The average Bonchev–Trinajstić information content (AvgIpc) is 3.24. The zero-order chi connectivity index (χ0) is 20.9. The molecule has 4 rings (SSSR count). The first-order chi connectivity index (χ1) is 14.6. The van der Waals surface area contributed by atoms with Crippen molar-refractivity contribution < 1.29 is 19.0 Å². The molecule has 10 heteroatoms. The van der Waals surface area contributed by atoms with Crippen LogP contribution in [-0.4, -0.2) is 33.9 Å². The van der Waals surface area contributed by atoms with Crippen LogP contribution in [0.15, 0.2) is 47.9 Å². The van der Waals surface area contributed by atoms with Crippen molar-refractivity contribution in [1.29, 1.82) is 0 Å². The van der Waals surface area contributed by atoms with Gasteiger partial charge in [0, 0.05) is 18.8 Å². The van der Waals surface area contributed by atoms with Crippen molar-refractivity contribution in [2.24, 2.45) is 0 Å². The van der Waals surface area contributed by atoms with E-state index < -0.39 is 0 Å². The van der Waals surface area contributed by atoms with E-state index in [0.717, 1.165) is 16.9 Å². The van der Waals surface area contributed by atoms with E-state index in [4.69, 9.17) is 25.8 Å². The lowest BCUT2D eigenvalue weighted by Gasteiger charge is -2.09. The summed E-state index contributed by atoms with van der Waals surface area (Å²) in [6.07, 6.45) is 4.87. The Balaban J connectivity index is 1.36. The Morgan fingerprint density at radius 1 is 1.20 bits per heavy atom. The summed E-state index contributed by atoms with van der Waals surface area (Å²) in [5, 5.41) is 3.48. The number of benzene rings is 1. The number of ether oxygens (including phenoxy) is 3. The number of pyridine rings is 1. The molecule has 1 aromatic carbocycles. The second kappa shape index (κ2) is 9.19. The molecule has 0 saturated heterocycles. The maximum atomic E-state index is 12.4. The minimum atomic E-state index is -0.377. The predicted molar refractivity (Wildman–Crippen MR) is 111 cm³/mol. The van der Waals surface area contributed by atoms with Gasteiger partial charge in [-0.05, 0) is 35.6 Å². The summed E-state index contributed by atoms with van der Waals surface area (Å²) in [6.45, 7) is 0.831. The Labute approximate surface area is 182 Å². The molecule has 0 saturated carbocycles. The lowest BCUT2D eigenvalue weighted by molar-refractivity contribution is 0.0945. The number of fused-ring (bicyclic) bond motifs is 1. The first kappa shape index (κ1) is 20.2. The van der Waals surface area contributed by atoms with Crippen LogP contribution in [0.3, 0.4) is 0 Å². The molecule has 30 heavy (non-hydrogen) atoms. The Morgan fingerprint density at radius 3 is 2.93 bits per heavy atom. The minimum Gasteiger partial charge on any atom is -0.473 e. The lowest BCUT2D eigenvalue weighted by Crippen LogP contribution is -2.24. The van der Waals surface area contributed by atoms with E-state index in [2.05, 4.69) is 20.3 Å². The number of aromatic nitrogens is 3. The van der Waals surface area contributed by atoms with Crippen LogP contribution in [0.1, 0.15) is 21.6 Å². The van der Waals surface area contributed by atoms with E-state index in [1.165, 1.54) is 18.0 Å². The quantitative estimate of drug-likeness (QED) is 0.437. The highest BCUT2D eigenvalue weighted by Gasteiger charge is 2.15. The number of carbonyl (C=O) groups is 1. The number of thioether (sulfide) groups is 1. The summed E-state index contributed by atoms with van der Waals surface area (Å²) in [7, 11) is 0. The lowest BCUT2D eigenvalue weighted by atomic mass is 10.2. The van der Waals surface area contributed by atoms with Gasteiger partial charge in [-0.1, -0.05) is 29.4 Å². The number of amides is 1. The fraction of sp³-hybridized carbons (Fsp3) is 0.200. The van der Waals surface area contributed by atoms with Gasteiger partial charge in [0.2, 0.25) is 12.7 Å². The minimum absolute atomic E-state index is 0.143. The van der Waals surface area contributed by atoms with Gasteiger partial charge in [-0.25, -0.2) is 15.0 Å². The zero-order valence-corrected chi connectivity index (χ0v) is 17.5. The smallest absolute Gasteiger partial charge is 0.271 e. The van der Waals surface area contributed by atoms with E-state index in [1.807, 2.05) is 24.5 Å². The van der Waals surface area contributed by atoms with Gasteiger partial charge in [0.05, 0.1) is 11.2 Å². The van der Waals surface area contributed by atoms with Crippen molar-refractivity contribution in [3.63, 3.8) is 0 Å². The maximum absolute atomic E-state index is 12.4. The summed E-state index contributed by atoms with van der Waals surface area (Å²) in [5.41, 5.74) is 1.90. The molecule has 1 N–H and O–H groups in total. The van der Waals surface area contributed by atoms with Gasteiger partial charge in [0.15, 0.2) is 22.3 Å². The number of nitrogens with zero attached hydrogens (tertiary/aromatic N) is 3. The normalized spacial score (nSPS) is 11.9. The van der Waals surface area contributed by atoms with Crippen LogP contribution >= 0.6 is 23.4 Å². The maximum Gasteiger partial charge on any atom is 0.271 e. The van der Waals surface area contributed by atoms with Crippen molar-refractivity contribution in [3.05, 3.63) is 64.6 Å². The van der Waals surface area contributed by atoms with Crippen LogP contribution in [-0.2, 0) is 13.2 Å². The molecular formula is C20H17ClN4O4S. The van der Waals surface area contributed by atoms with Crippen LogP contribution in [0.25, 0.3) is 0 Å². The van der Waals surface area contributed by atoms with Crippen LogP contribution < -0.4 is 19.5 Å². The Kier molecular flexibility index (Phi) is 6.20. The van der Waals surface area contributed by atoms with Gasteiger partial charge in [-0.15, -0.1) is 0 Å². The summed E-state index contributed by atoms with van der Waals surface area (Å²) in [6, 6.07) is 9.19. The molecule has 0 spiro atoms. The highest BCUT2D eigenvalue weighted by atomic mass is 35.5. The summed E-state index contributed by atoms with van der Waals surface area (Å²) in [4.78, 5) is 24.8. The van der Waals surface area contributed by atoms with Crippen LogP contribution in [0.4, 0.5) is 0 Å². The highest BCUT2D eigenvalue weighted by molar-refractivity contribution is 7.98. The molecule has 2 aromatic heterocycles. The second-order valence-corrected chi connectivity index (χ2v) is 7.40. The average molecular weight is 445 g/mol. The third-order valence-electron chi connectivity index (χ3n) is 4.20. The third-order valence-corrected chi connectivity index (χ3v) is 5.03. The Morgan fingerprint density at radius 2 is 2.07 bits per heavy atom. The molecule has 0 bridgehead atoms. The van der Waals surface area contributed by atoms with Gasteiger partial charge in [0.25, 0.3) is 5.91 Å². The third kappa shape index (κ3) is 4.74. The predicted octanol–water partition coefficient (Wildman–Crippen LogP) is 3.48. The first-order valence-corrected chi connectivity index (χ1v) is 10.5. The summed E-state index contributed by atoms with van der Waals surface area (Å²) in [5.74, 6) is 1.50. The molecule has 0 radical (unpaired) electrons. The van der Waals surface area contributed by atoms with Gasteiger partial charge in [0.1, 0.15) is 6.61 Å².